The van der Waals surface area contributed by atoms with Crippen LogP contribution in [0.5, 0.6) is 5.75 Å². The van der Waals surface area contributed by atoms with Gasteiger partial charge in [0.15, 0.2) is 5.82 Å². The van der Waals surface area contributed by atoms with Crippen LogP contribution in [-0.4, -0.2) is 43.7 Å². The van der Waals surface area contributed by atoms with Gasteiger partial charge in [0.25, 0.3) is 5.56 Å². The first kappa shape index (κ1) is 24.1. The first-order chi connectivity index (χ1) is 18.6. The Morgan fingerprint density at radius 3 is 2.58 bits per heavy atom. The van der Waals surface area contributed by atoms with E-state index in [4.69, 9.17) is 4.74 Å². The number of hydrogen-bond donors (Lipinski definition) is 1. The van der Waals surface area contributed by atoms with Crippen LogP contribution >= 0.6 is 0 Å². The third-order valence-electron chi connectivity index (χ3n) is 7.46. The van der Waals surface area contributed by atoms with Gasteiger partial charge in [-0.05, 0) is 81.2 Å². The van der Waals surface area contributed by atoms with Gasteiger partial charge in [-0.2, -0.15) is 0 Å². The largest absolute Gasteiger partial charge is 0.497 e. The molecule has 0 radical (unpaired) electrons. The fourth-order valence-corrected chi connectivity index (χ4v) is 5.36. The Bertz CT molecular complexity index is 1640. The molecule has 0 saturated carbocycles. The van der Waals surface area contributed by atoms with Gasteiger partial charge in [-0.25, -0.2) is 4.68 Å². The van der Waals surface area contributed by atoms with Gasteiger partial charge >= 0.3 is 0 Å². The zero-order valence-electron chi connectivity index (χ0n) is 21.6. The molecule has 0 amide bonds. The van der Waals surface area contributed by atoms with E-state index in [1.165, 1.54) is 16.7 Å². The minimum absolute atomic E-state index is 0.121. The van der Waals surface area contributed by atoms with Gasteiger partial charge in [-0.1, -0.05) is 49.4 Å². The van der Waals surface area contributed by atoms with Crippen molar-refractivity contribution in [3.8, 4) is 5.75 Å². The molecule has 8 heteroatoms. The third kappa shape index (κ3) is 4.59. The molecule has 1 aliphatic rings. The second-order valence-corrected chi connectivity index (χ2v) is 9.76. The monoisotopic (exact) mass is 506 g/mol. The molecule has 8 nitrogen and oxygen atoms in total. The number of aromatic nitrogens is 5. The van der Waals surface area contributed by atoms with E-state index in [0.29, 0.717) is 24.5 Å². The summed E-state index contributed by atoms with van der Waals surface area (Å²) >= 11 is 0. The van der Waals surface area contributed by atoms with E-state index < -0.39 is 6.04 Å². The van der Waals surface area contributed by atoms with Crippen molar-refractivity contribution in [2.24, 2.45) is 0 Å². The molecule has 3 heterocycles. The fraction of sp³-hybridized carbons (Fsp3) is 0.267. The van der Waals surface area contributed by atoms with Crippen LogP contribution in [0.2, 0.25) is 0 Å². The maximum Gasteiger partial charge on any atom is 0.253 e. The Hall–Kier alpha value is -4.30. The average Bonchev–Trinajstić information content (AvgIpc) is 3.41. The summed E-state index contributed by atoms with van der Waals surface area (Å²) in [5, 5.41) is 13.9. The molecule has 1 N–H and O–H groups in total. The summed E-state index contributed by atoms with van der Waals surface area (Å²) in [5.74, 6) is 1.45. The summed E-state index contributed by atoms with van der Waals surface area (Å²) in [5.41, 5.74) is 6.24. The number of methoxy groups -OCH3 is 1. The molecule has 6 rings (SSSR count). The maximum absolute atomic E-state index is 13.6. The molecule has 0 unspecified atom stereocenters. The van der Waals surface area contributed by atoms with Crippen molar-refractivity contribution in [2.45, 2.75) is 38.9 Å². The van der Waals surface area contributed by atoms with Crippen LogP contribution in [0.3, 0.4) is 0 Å². The predicted molar refractivity (Wildman–Crippen MR) is 146 cm³/mol. The van der Waals surface area contributed by atoms with Crippen LogP contribution in [0.15, 0.2) is 77.6 Å². The van der Waals surface area contributed by atoms with Crippen LogP contribution < -0.4 is 10.3 Å². The van der Waals surface area contributed by atoms with Crippen molar-refractivity contribution < 1.29 is 4.74 Å². The highest BCUT2D eigenvalue weighted by molar-refractivity contribution is 5.80. The molecule has 38 heavy (non-hydrogen) atoms. The lowest BCUT2D eigenvalue weighted by Gasteiger charge is -2.34. The minimum atomic E-state index is -0.407. The fourth-order valence-electron chi connectivity index (χ4n) is 5.36. The smallest absolute Gasteiger partial charge is 0.253 e. The maximum atomic E-state index is 13.6. The van der Waals surface area contributed by atoms with E-state index in [9.17, 15) is 4.79 Å². The summed E-state index contributed by atoms with van der Waals surface area (Å²) in [7, 11) is 1.65. The summed E-state index contributed by atoms with van der Waals surface area (Å²) in [4.78, 5) is 19.0. The van der Waals surface area contributed by atoms with Crippen LogP contribution in [0, 0.1) is 0 Å². The molecule has 0 saturated heterocycles. The van der Waals surface area contributed by atoms with Gasteiger partial charge in [0.2, 0.25) is 0 Å². The van der Waals surface area contributed by atoms with E-state index in [1.807, 2.05) is 36.4 Å². The average molecular weight is 507 g/mol. The number of ether oxygens (including phenoxy) is 1. The zero-order chi connectivity index (χ0) is 26.1. The quantitative estimate of drug-likeness (QED) is 0.354. The summed E-state index contributed by atoms with van der Waals surface area (Å²) in [6, 6.07) is 24.2. The highest BCUT2D eigenvalue weighted by Crippen LogP contribution is 2.32. The molecule has 3 aromatic carbocycles. The molecule has 2 aromatic heterocycles. The summed E-state index contributed by atoms with van der Waals surface area (Å²) < 4.78 is 7.11. The number of tetrazole rings is 1. The lowest BCUT2D eigenvalue weighted by molar-refractivity contribution is 0.194. The topological polar surface area (TPSA) is 88.9 Å². The molecule has 5 aromatic rings. The number of H-pyrrole nitrogens is 1. The molecule has 0 aliphatic carbocycles. The number of benzene rings is 3. The second kappa shape index (κ2) is 10.2. The van der Waals surface area contributed by atoms with Crippen molar-refractivity contribution in [3.63, 3.8) is 0 Å². The van der Waals surface area contributed by atoms with Crippen molar-refractivity contribution in [1.29, 1.82) is 0 Å². The Morgan fingerprint density at radius 2 is 1.79 bits per heavy atom. The van der Waals surface area contributed by atoms with Crippen molar-refractivity contribution in [3.05, 3.63) is 117 Å². The van der Waals surface area contributed by atoms with Crippen LogP contribution in [-0.2, 0) is 25.9 Å². The number of nitrogens with zero attached hydrogens (tertiary/aromatic N) is 5. The lowest BCUT2D eigenvalue weighted by Crippen LogP contribution is -2.38. The molecular formula is C30H30N6O2. The lowest BCUT2D eigenvalue weighted by atomic mass is 9.95. The van der Waals surface area contributed by atoms with E-state index in [2.05, 4.69) is 68.7 Å². The molecular weight excluding hydrogens is 476 g/mol. The number of fused-ring (bicyclic) bond motifs is 2. The van der Waals surface area contributed by atoms with Crippen LogP contribution in [0.1, 0.15) is 46.6 Å². The van der Waals surface area contributed by atoms with Crippen LogP contribution in [0.25, 0.3) is 10.9 Å². The first-order valence-electron chi connectivity index (χ1n) is 13.0. The van der Waals surface area contributed by atoms with Gasteiger partial charge in [-0.15, -0.1) is 5.10 Å². The molecule has 0 fully saturated rings. The minimum Gasteiger partial charge on any atom is -0.497 e. The first-order valence-corrected chi connectivity index (χ1v) is 13.0. The van der Waals surface area contributed by atoms with Crippen LogP contribution in [0.4, 0.5) is 0 Å². The predicted octanol–water partition coefficient (Wildman–Crippen LogP) is 4.28. The van der Waals surface area contributed by atoms with Gasteiger partial charge < -0.3 is 9.72 Å². The SMILES string of the molecule is CCc1ccc2[nH]c(=O)c([C@@H](c3nnnn3Cc3ccc(OC)cc3)N3CCc4ccccc4C3)cc2c1. The van der Waals surface area contributed by atoms with Gasteiger partial charge in [0.05, 0.1) is 13.7 Å². The van der Waals surface area contributed by atoms with Crippen molar-refractivity contribution in [2.75, 3.05) is 13.7 Å². The second-order valence-electron chi connectivity index (χ2n) is 9.76. The zero-order valence-corrected chi connectivity index (χ0v) is 21.6. The van der Waals surface area contributed by atoms with E-state index >= 15 is 0 Å². The number of hydrogen-bond acceptors (Lipinski definition) is 6. The Morgan fingerprint density at radius 1 is 1.00 bits per heavy atom. The van der Waals surface area contributed by atoms with Crippen molar-refractivity contribution in [1.82, 2.24) is 30.1 Å². The number of aryl methyl sites for hydroxylation is 1. The highest BCUT2D eigenvalue weighted by atomic mass is 16.5. The third-order valence-corrected chi connectivity index (χ3v) is 7.46. The van der Waals surface area contributed by atoms with E-state index in [0.717, 1.165) is 41.6 Å². The van der Waals surface area contributed by atoms with E-state index in [1.54, 1.807) is 11.8 Å². The molecule has 1 atom stereocenters. The Labute approximate surface area is 220 Å². The van der Waals surface area contributed by atoms with Gasteiger partial charge in [-0.3, -0.25) is 9.69 Å². The highest BCUT2D eigenvalue weighted by Gasteiger charge is 2.32. The summed E-state index contributed by atoms with van der Waals surface area (Å²) in [6.45, 7) is 4.13. The van der Waals surface area contributed by atoms with Gasteiger partial charge in [0, 0.05) is 24.2 Å². The molecule has 0 bridgehead atoms. The summed E-state index contributed by atoms with van der Waals surface area (Å²) in [6.07, 6.45) is 1.83. The number of nitrogens with one attached hydrogen (secondary N) is 1. The molecule has 1 aliphatic heterocycles. The standard InChI is InChI=1S/C30H30N6O2/c1-3-20-10-13-27-24(16-20)17-26(30(37)31-27)28(35-15-14-22-6-4-5-7-23(22)19-35)29-32-33-34-36(29)18-21-8-11-25(38-2)12-9-21/h4-13,16-17,28H,3,14-15,18-19H2,1-2H3,(H,31,37)/t28-/m0/s1. The number of rotatable bonds is 7. The Kier molecular flexibility index (Phi) is 6.47. The molecule has 0 spiro atoms. The van der Waals surface area contributed by atoms with Crippen molar-refractivity contribution >= 4 is 10.9 Å². The molecule has 192 valence electrons. The normalized spacial score (nSPS) is 14.4. The Balaban J connectivity index is 1.46. The number of pyridine rings is 1. The van der Waals surface area contributed by atoms with Gasteiger partial charge in [0.1, 0.15) is 11.8 Å². The van der Waals surface area contributed by atoms with E-state index in [-0.39, 0.29) is 5.56 Å². The number of aromatic amines is 1.